The molecule has 0 bridgehead atoms. The van der Waals surface area contributed by atoms with Gasteiger partial charge in [-0.15, -0.1) is 22.7 Å². The van der Waals surface area contributed by atoms with Crippen molar-refractivity contribution in [3.05, 3.63) is 194 Å². The third-order valence-corrected chi connectivity index (χ3v) is 13.9. The molecule has 0 fully saturated rings. The number of thiophene rings is 2. The molecule has 3 aromatic heterocycles. The predicted octanol–water partition coefficient (Wildman–Crippen LogP) is 16.1. The monoisotopic (exact) mass is 760 g/mol. The number of benzene rings is 9. The van der Waals surface area contributed by atoms with Gasteiger partial charge in [0.05, 0.1) is 5.52 Å². The molecule has 0 aliphatic carbocycles. The van der Waals surface area contributed by atoms with E-state index in [0.717, 1.165) is 39.1 Å². The first-order valence-electron chi connectivity index (χ1n) is 19.3. The van der Waals surface area contributed by atoms with E-state index in [9.17, 15) is 0 Å². The van der Waals surface area contributed by atoms with Crippen molar-refractivity contribution < 1.29 is 0 Å². The van der Waals surface area contributed by atoms with Crippen LogP contribution in [0, 0.1) is 0 Å². The molecular weight excluding hydrogens is 729 g/mol. The lowest BCUT2D eigenvalue weighted by molar-refractivity contribution is 1.30. The number of fused-ring (bicyclic) bond motifs is 11. The zero-order valence-electron chi connectivity index (χ0n) is 30.7. The fraction of sp³-hybridized carbons (Fsp3) is 0. The summed E-state index contributed by atoms with van der Waals surface area (Å²) in [5.41, 5.74) is 9.07. The van der Waals surface area contributed by atoms with E-state index in [0.29, 0.717) is 0 Å². The van der Waals surface area contributed by atoms with Crippen molar-refractivity contribution in [2.45, 2.75) is 0 Å². The van der Waals surface area contributed by atoms with Crippen molar-refractivity contribution in [3.63, 3.8) is 0 Å². The quantitative estimate of drug-likeness (QED) is 0.174. The van der Waals surface area contributed by atoms with Gasteiger partial charge in [-0.3, -0.25) is 4.98 Å². The van der Waals surface area contributed by atoms with Gasteiger partial charge in [0.1, 0.15) is 0 Å². The van der Waals surface area contributed by atoms with Gasteiger partial charge in [-0.2, -0.15) is 0 Å². The minimum absolute atomic E-state index is 1.02. The Hall–Kier alpha value is -6.85. The summed E-state index contributed by atoms with van der Waals surface area (Å²) in [4.78, 5) is 7.11. The molecule has 266 valence electrons. The van der Waals surface area contributed by atoms with Crippen LogP contribution in [-0.2, 0) is 0 Å². The maximum absolute atomic E-state index is 4.69. The smallest absolute Gasteiger partial charge is 0.0702 e. The van der Waals surface area contributed by atoms with Crippen LogP contribution in [0.3, 0.4) is 0 Å². The number of hydrogen-bond acceptors (Lipinski definition) is 4. The molecule has 0 atom stereocenters. The van der Waals surface area contributed by atoms with Crippen LogP contribution in [0.4, 0.5) is 17.1 Å². The average molecular weight is 761 g/mol. The average Bonchev–Trinajstić information content (AvgIpc) is 3.85. The Labute approximate surface area is 337 Å². The van der Waals surface area contributed by atoms with Gasteiger partial charge in [-0.1, -0.05) is 140 Å². The molecule has 2 nitrogen and oxygen atoms in total. The molecule has 0 N–H and O–H groups in total. The number of hydrogen-bond donors (Lipinski definition) is 0. The zero-order chi connectivity index (χ0) is 37.5. The number of anilines is 3. The highest BCUT2D eigenvalue weighted by Gasteiger charge is 2.18. The van der Waals surface area contributed by atoms with Crippen LogP contribution in [0.25, 0.3) is 95.0 Å². The summed E-state index contributed by atoms with van der Waals surface area (Å²) >= 11 is 3.78. The van der Waals surface area contributed by atoms with Gasteiger partial charge < -0.3 is 4.90 Å². The molecule has 4 heteroatoms. The van der Waals surface area contributed by atoms with Crippen LogP contribution in [-0.4, -0.2) is 4.98 Å². The largest absolute Gasteiger partial charge is 0.310 e. The van der Waals surface area contributed by atoms with Crippen LogP contribution >= 0.6 is 22.7 Å². The normalized spacial score (nSPS) is 11.9. The summed E-state index contributed by atoms with van der Waals surface area (Å²) in [5, 5.41) is 11.6. The van der Waals surface area contributed by atoms with Crippen molar-refractivity contribution in [1.82, 2.24) is 4.98 Å². The van der Waals surface area contributed by atoms with Crippen LogP contribution in [0.1, 0.15) is 0 Å². The van der Waals surface area contributed by atoms with Gasteiger partial charge in [0.2, 0.25) is 0 Å². The SMILES string of the molecule is c1ccc2ncc(-c3ccc(-c4ccc(N(c5ccc6c(c5)sc5c7ccccc7ccc65)c5ccc6c(c5)sc5c7ccccc7ccc65)cc4)cc3)cc2c1. The Bertz CT molecular complexity index is 3370. The highest BCUT2D eigenvalue weighted by molar-refractivity contribution is 7.27. The van der Waals surface area contributed by atoms with E-state index in [1.54, 1.807) is 0 Å². The van der Waals surface area contributed by atoms with Crippen molar-refractivity contribution in [1.29, 1.82) is 0 Å². The molecule has 3 heterocycles. The summed E-state index contributed by atoms with van der Waals surface area (Å²) < 4.78 is 5.27. The fourth-order valence-electron chi connectivity index (χ4n) is 8.60. The van der Waals surface area contributed by atoms with E-state index >= 15 is 0 Å². The molecule has 57 heavy (non-hydrogen) atoms. The van der Waals surface area contributed by atoms with Gasteiger partial charge in [0.15, 0.2) is 0 Å². The molecular formula is C53H32N2S2. The minimum atomic E-state index is 1.02. The predicted molar refractivity (Wildman–Crippen MR) is 248 cm³/mol. The standard InChI is InChI=1S/C53H32N2S2/c1-4-10-43-36(7-1)19-25-47-45-27-23-41(30-50(45)56-52(43)47)55(42-24-28-46-48-26-20-37-8-2-5-11-44(37)53(48)57-51(46)31-42)40-21-17-34(18-22-40)33-13-15-35(16-14-33)39-29-38-9-3-6-12-49(38)54-32-39/h1-32H. The second-order valence-electron chi connectivity index (χ2n) is 14.8. The van der Waals surface area contributed by atoms with E-state index in [-0.39, 0.29) is 0 Å². The summed E-state index contributed by atoms with van der Waals surface area (Å²) in [6.07, 6.45) is 1.97. The lowest BCUT2D eigenvalue weighted by Crippen LogP contribution is -2.09. The number of rotatable bonds is 5. The van der Waals surface area contributed by atoms with Crippen LogP contribution in [0.5, 0.6) is 0 Å². The summed E-state index contributed by atoms with van der Waals surface area (Å²) in [6, 6.07) is 68.9. The number of nitrogens with zero attached hydrogens (tertiary/aromatic N) is 2. The van der Waals surface area contributed by atoms with Gasteiger partial charge in [-0.25, -0.2) is 0 Å². The highest BCUT2D eigenvalue weighted by Crippen LogP contribution is 2.45. The molecule has 0 radical (unpaired) electrons. The lowest BCUT2D eigenvalue weighted by Gasteiger charge is -2.26. The molecule has 0 aliphatic heterocycles. The molecule has 0 saturated heterocycles. The number of aromatic nitrogens is 1. The molecule has 0 unspecified atom stereocenters. The van der Waals surface area contributed by atoms with Crippen LogP contribution in [0.15, 0.2) is 194 Å². The molecule has 0 amide bonds. The van der Waals surface area contributed by atoms with Crippen LogP contribution < -0.4 is 4.90 Å². The Balaban J connectivity index is 0.967. The van der Waals surface area contributed by atoms with E-state index < -0.39 is 0 Å². The second kappa shape index (κ2) is 12.9. The Morgan fingerprint density at radius 2 is 0.789 bits per heavy atom. The first-order valence-corrected chi connectivity index (χ1v) is 20.9. The first kappa shape index (κ1) is 32.4. The van der Waals surface area contributed by atoms with E-state index in [2.05, 4.69) is 187 Å². The third kappa shape index (κ3) is 5.33. The Morgan fingerprint density at radius 3 is 1.37 bits per heavy atom. The van der Waals surface area contributed by atoms with E-state index in [4.69, 9.17) is 4.98 Å². The second-order valence-corrected chi connectivity index (χ2v) is 16.9. The Morgan fingerprint density at radius 1 is 0.333 bits per heavy atom. The van der Waals surface area contributed by atoms with Crippen molar-refractivity contribution in [2.24, 2.45) is 0 Å². The maximum Gasteiger partial charge on any atom is 0.0702 e. The zero-order valence-corrected chi connectivity index (χ0v) is 32.3. The van der Waals surface area contributed by atoms with E-state index in [1.165, 1.54) is 73.0 Å². The summed E-state index contributed by atoms with van der Waals surface area (Å²) in [7, 11) is 0. The van der Waals surface area contributed by atoms with Crippen LogP contribution in [0.2, 0.25) is 0 Å². The number of pyridine rings is 1. The van der Waals surface area contributed by atoms with Crippen molar-refractivity contribution in [2.75, 3.05) is 4.90 Å². The Kier molecular flexibility index (Phi) is 7.31. The third-order valence-electron chi connectivity index (χ3n) is 11.5. The van der Waals surface area contributed by atoms with Gasteiger partial charge >= 0.3 is 0 Å². The van der Waals surface area contributed by atoms with Gasteiger partial charge in [-0.05, 0) is 86.8 Å². The summed E-state index contributed by atoms with van der Waals surface area (Å²) in [5.74, 6) is 0. The first-order chi connectivity index (χ1) is 28.2. The molecule has 0 spiro atoms. The van der Waals surface area contributed by atoms with Crippen molar-refractivity contribution in [3.8, 4) is 22.3 Å². The molecule has 12 aromatic rings. The molecule has 0 aliphatic rings. The van der Waals surface area contributed by atoms with Gasteiger partial charge in [0.25, 0.3) is 0 Å². The highest BCUT2D eigenvalue weighted by atomic mass is 32.1. The maximum atomic E-state index is 4.69. The lowest BCUT2D eigenvalue weighted by atomic mass is 10.00. The molecule has 0 saturated carbocycles. The van der Waals surface area contributed by atoms with Gasteiger partial charge in [0, 0.05) is 74.6 Å². The molecule has 12 rings (SSSR count). The minimum Gasteiger partial charge on any atom is -0.310 e. The summed E-state index contributed by atoms with van der Waals surface area (Å²) in [6.45, 7) is 0. The topological polar surface area (TPSA) is 16.1 Å². The van der Waals surface area contributed by atoms with E-state index in [1.807, 2.05) is 34.9 Å². The van der Waals surface area contributed by atoms with Crippen molar-refractivity contribution >= 4 is 113 Å². The number of para-hydroxylation sites is 1. The fourth-order valence-corrected chi connectivity index (χ4v) is 11.1. The molecule has 9 aromatic carbocycles.